The molecule has 0 aromatic heterocycles. The lowest BCUT2D eigenvalue weighted by molar-refractivity contribution is 0.629. The second kappa shape index (κ2) is 2.91. The summed E-state index contributed by atoms with van der Waals surface area (Å²) in [6.45, 7) is 2.17. The van der Waals surface area contributed by atoms with Crippen molar-refractivity contribution in [1.29, 1.82) is 0 Å². The van der Waals surface area contributed by atoms with Gasteiger partial charge in [0.05, 0.1) is 0 Å². The molecule has 1 fully saturated rings. The quantitative estimate of drug-likeness (QED) is 0.685. The summed E-state index contributed by atoms with van der Waals surface area (Å²) in [6, 6.07) is 5.05. The molecule has 3 N–H and O–H groups in total. The van der Waals surface area contributed by atoms with Crippen LogP contribution in [0.3, 0.4) is 0 Å². The van der Waals surface area contributed by atoms with Crippen molar-refractivity contribution >= 4 is 11.4 Å². The predicted molar refractivity (Wildman–Crippen MR) is 52.0 cm³/mol. The average Bonchev–Trinajstić information content (AvgIpc) is 2.63. The van der Waals surface area contributed by atoms with Crippen molar-refractivity contribution in [3.63, 3.8) is 0 Å². The molecule has 0 spiro atoms. The fourth-order valence-electron chi connectivity index (χ4n) is 1.43. The second-order valence-corrected chi connectivity index (χ2v) is 3.74. The average molecular weight is 180 g/mol. The first-order valence-electron chi connectivity index (χ1n) is 4.48. The Morgan fingerprint density at radius 3 is 2.69 bits per heavy atom. The minimum Gasteiger partial charge on any atom is -0.399 e. The van der Waals surface area contributed by atoms with Gasteiger partial charge in [-0.2, -0.15) is 0 Å². The van der Waals surface area contributed by atoms with Crippen molar-refractivity contribution < 1.29 is 4.39 Å². The summed E-state index contributed by atoms with van der Waals surface area (Å²) in [5, 5.41) is 3.23. The first-order chi connectivity index (χ1) is 6.15. The third kappa shape index (κ3) is 1.91. The molecule has 2 nitrogen and oxygen atoms in total. The zero-order valence-corrected chi connectivity index (χ0v) is 7.55. The van der Waals surface area contributed by atoms with Crippen molar-refractivity contribution in [3.05, 3.63) is 24.0 Å². The fraction of sp³-hybridized carbons (Fsp3) is 0.400. The number of anilines is 2. The maximum Gasteiger partial charge on any atom is 0.127 e. The molecule has 0 heterocycles. The molecule has 0 aliphatic heterocycles. The largest absolute Gasteiger partial charge is 0.399 e. The lowest BCUT2D eigenvalue weighted by atomic mass is 10.2. The van der Waals surface area contributed by atoms with Gasteiger partial charge in [-0.05, 0) is 30.5 Å². The molecule has 2 rings (SSSR count). The van der Waals surface area contributed by atoms with Crippen LogP contribution in [0.5, 0.6) is 0 Å². The van der Waals surface area contributed by atoms with Gasteiger partial charge in [-0.1, -0.05) is 6.92 Å². The van der Waals surface area contributed by atoms with E-state index in [1.165, 1.54) is 12.1 Å². The molecule has 1 aliphatic carbocycles. The van der Waals surface area contributed by atoms with E-state index in [0.717, 1.165) is 12.1 Å². The molecule has 70 valence electrons. The Kier molecular flexibility index (Phi) is 1.87. The van der Waals surface area contributed by atoms with E-state index in [9.17, 15) is 4.39 Å². The summed E-state index contributed by atoms with van der Waals surface area (Å²) in [5.74, 6) is 0.417. The van der Waals surface area contributed by atoms with Gasteiger partial charge in [0.1, 0.15) is 5.82 Å². The van der Waals surface area contributed by atoms with Crippen molar-refractivity contribution in [1.82, 2.24) is 0 Å². The van der Waals surface area contributed by atoms with E-state index in [1.54, 1.807) is 6.07 Å². The second-order valence-electron chi connectivity index (χ2n) is 3.74. The van der Waals surface area contributed by atoms with Gasteiger partial charge in [0.15, 0.2) is 0 Å². The molecule has 2 atom stereocenters. The minimum absolute atomic E-state index is 0.282. The Morgan fingerprint density at radius 2 is 2.15 bits per heavy atom. The highest BCUT2D eigenvalue weighted by Gasteiger charge is 2.32. The monoisotopic (exact) mass is 180 g/mol. The molecule has 0 amide bonds. The maximum absolute atomic E-state index is 12.9. The first kappa shape index (κ1) is 8.35. The van der Waals surface area contributed by atoms with Gasteiger partial charge in [0.2, 0.25) is 0 Å². The minimum atomic E-state index is -0.282. The Labute approximate surface area is 76.9 Å². The molecule has 0 saturated heterocycles. The third-order valence-electron chi connectivity index (χ3n) is 2.38. The van der Waals surface area contributed by atoms with E-state index in [4.69, 9.17) is 5.73 Å². The van der Waals surface area contributed by atoms with E-state index in [2.05, 4.69) is 12.2 Å². The molecular weight excluding hydrogens is 167 g/mol. The lowest BCUT2D eigenvalue weighted by Crippen LogP contribution is -2.04. The summed E-state index contributed by atoms with van der Waals surface area (Å²) in [6.07, 6.45) is 1.16. The summed E-state index contributed by atoms with van der Waals surface area (Å²) in [5.41, 5.74) is 6.76. The van der Waals surface area contributed by atoms with Crippen LogP contribution < -0.4 is 11.1 Å². The van der Waals surface area contributed by atoms with Crippen LogP contribution in [0.1, 0.15) is 13.3 Å². The zero-order chi connectivity index (χ0) is 9.42. The van der Waals surface area contributed by atoms with Crippen LogP contribution in [0.25, 0.3) is 0 Å². The summed E-state index contributed by atoms with van der Waals surface area (Å²) in [4.78, 5) is 0. The number of halogens is 1. The number of nitrogen functional groups attached to an aromatic ring is 1. The van der Waals surface area contributed by atoms with E-state index >= 15 is 0 Å². The number of nitrogens with one attached hydrogen (secondary N) is 1. The standard InChI is InChI=1S/C10H13FN2/c1-6-2-10(6)13-9-4-7(11)3-8(12)5-9/h3-6,10,13H,2,12H2,1H3. The lowest BCUT2D eigenvalue weighted by Gasteiger charge is -2.05. The topological polar surface area (TPSA) is 38.0 Å². The molecule has 0 bridgehead atoms. The Morgan fingerprint density at radius 1 is 1.46 bits per heavy atom. The molecular formula is C10H13FN2. The van der Waals surface area contributed by atoms with E-state index in [1.807, 2.05) is 0 Å². The summed E-state index contributed by atoms with van der Waals surface area (Å²) >= 11 is 0. The van der Waals surface area contributed by atoms with Crippen LogP contribution in [0, 0.1) is 11.7 Å². The highest BCUT2D eigenvalue weighted by atomic mass is 19.1. The highest BCUT2D eigenvalue weighted by Crippen LogP contribution is 2.33. The maximum atomic E-state index is 12.9. The van der Waals surface area contributed by atoms with E-state index < -0.39 is 0 Å². The van der Waals surface area contributed by atoms with E-state index in [0.29, 0.717) is 17.6 Å². The number of rotatable bonds is 2. The van der Waals surface area contributed by atoms with Gasteiger partial charge in [0, 0.05) is 17.4 Å². The normalized spacial score (nSPS) is 25.7. The molecule has 1 aromatic rings. The molecule has 1 aromatic carbocycles. The molecule has 3 heteroatoms. The summed E-state index contributed by atoms with van der Waals surface area (Å²) in [7, 11) is 0. The van der Waals surface area contributed by atoms with Crippen molar-refractivity contribution in [2.45, 2.75) is 19.4 Å². The van der Waals surface area contributed by atoms with Gasteiger partial charge in [-0.25, -0.2) is 4.39 Å². The predicted octanol–water partition coefficient (Wildman–Crippen LogP) is 2.23. The Bertz CT molecular complexity index is 304. The molecule has 2 unspecified atom stereocenters. The van der Waals surface area contributed by atoms with Gasteiger partial charge in [0.25, 0.3) is 0 Å². The smallest absolute Gasteiger partial charge is 0.127 e. The number of benzene rings is 1. The highest BCUT2D eigenvalue weighted by molar-refractivity contribution is 5.55. The molecule has 1 saturated carbocycles. The van der Waals surface area contributed by atoms with Crippen LogP contribution in [-0.4, -0.2) is 6.04 Å². The van der Waals surface area contributed by atoms with Crippen LogP contribution in [0.15, 0.2) is 18.2 Å². The van der Waals surface area contributed by atoms with Crippen LogP contribution in [-0.2, 0) is 0 Å². The fourth-order valence-corrected chi connectivity index (χ4v) is 1.43. The van der Waals surface area contributed by atoms with Gasteiger partial charge in [-0.15, -0.1) is 0 Å². The first-order valence-corrected chi connectivity index (χ1v) is 4.48. The number of hydrogen-bond donors (Lipinski definition) is 2. The van der Waals surface area contributed by atoms with Crippen molar-refractivity contribution in [2.75, 3.05) is 11.1 Å². The number of nitrogens with two attached hydrogens (primary N) is 1. The van der Waals surface area contributed by atoms with Crippen LogP contribution in [0.4, 0.5) is 15.8 Å². The third-order valence-corrected chi connectivity index (χ3v) is 2.38. The molecule has 13 heavy (non-hydrogen) atoms. The van der Waals surface area contributed by atoms with Crippen molar-refractivity contribution in [3.8, 4) is 0 Å². The van der Waals surface area contributed by atoms with Crippen LogP contribution in [0.2, 0.25) is 0 Å². The molecule has 1 aliphatic rings. The molecule has 0 radical (unpaired) electrons. The van der Waals surface area contributed by atoms with Gasteiger partial charge >= 0.3 is 0 Å². The van der Waals surface area contributed by atoms with Gasteiger partial charge < -0.3 is 11.1 Å². The van der Waals surface area contributed by atoms with Crippen molar-refractivity contribution in [2.24, 2.45) is 5.92 Å². The SMILES string of the molecule is CC1CC1Nc1cc(N)cc(F)c1. The summed E-state index contributed by atoms with van der Waals surface area (Å²) < 4.78 is 12.9. The van der Waals surface area contributed by atoms with Gasteiger partial charge in [-0.3, -0.25) is 0 Å². The van der Waals surface area contributed by atoms with E-state index in [-0.39, 0.29) is 5.82 Å². The Hall–Kier alpha value is -1.25. The number of hydrogen-bond acceptors (Lipinski definition) is 2. The van der Waals surface area contributed by atoms with Crippen LogP contribution >= 0.6 is 0 Å². The Balaban J connectivity index is 2.11. The zero-order valence-electron chi connectivity index (χ0n) is 7.55.